The number of rotatable bonds is 7. The SMILES string of the molecule is C/C(=C\c1nc(C)sc1Cl)COC(=O)CCC(C)(C)/C=N/O. The summed E-state index contributed by atoms with van der Waals surface area (Å²) in [4.78, 5) is 16.0. The van der Waals surface area contributed by atoms with Gasteiger partial charge in [-0.1, -0.05) is 25.4 Å². The Balaban J connectivity index is 2.45. The number of thiazole rings is 1. The fourth-order valence-electron chi connectivity index (χ4n) is 1.69. The number of hydrogen-bond acceptors (Lipinski definition) is 6. The van der Waals surface area contributed by atoms with Gasteiger partial charge in [0.25, 0.3) is 0 Å². The molecule has 7 heteroatoms. The lowest BCUT2D eigenvalue weighted by Crippen LogP contribution is -2.16. The van der Waals surface area contributed by atoms with Crippen molar-refractivity contribution >= 4 is 41.2 Å². The van der Waals surface area contributed by atoms with Gasteiger partial charge in [-0.05, 0) is 31.9 Å². The van der Waals surface area contributed by atoms with E-state index in [1.165, 1.54) is 17.6 Å². The minimum absolute atomic E-state index is 0.209. The smallest absolute Gasteiger partial charge is 0.306 e. The quantitative estimate of drug-likeness (QED) is 0.346. The van der Waals surface area contributed by atoms with Crippen LogP contribution in [0.3, 0.4) is 0 Å². The number of halogens is 1. The van der Waals surface area contributed by atoms with Gasteiger partial charge < -0.3 is 9.94 Å². The van der Waals surface area contributed by atoms with Crippen molar-refractivity contribution in [3.8, 4) is 0 Å². The van der Waals surface area contributed by atoms with Gasteiger partial charge in [-0.2, -0.15) is 0 Å². The zero-order valence-corrected chi connectivity index (χ0v) is 14.8. The zero-order chi connectivity index (χ0) is 16.8. The average molecular weight is 345 g/mol. The summed E-state index contributed by atoms with van der Waals surface area (Å²) in [5.41, 5.74) is 1.24. The van der Waals surface area contributed by atoms with Gasteiger partial charge in [-0.15, -0.1) is 16.5 Å². The highest BCUT2D eigenvalue weighted by Gasteiger charge is 2.18. The molecule has 0 saturated carbocycles. The second-order valence-electron chi connectivity index (χ2n) is 5.78. The number of hydrogen-bond donors (Lipinski definition) is 1. The molecule has 0 unspecified atom stereocenters. The molecule has 5 nitrogen and oxygen atoms in total. The fraction of sp³-hybridized carbons (Fsp3) is 0.533. The molecule has 1 N–H and O–H groups in total. The number of nitrogens with zero attached hydrogens (tertiary/aromatic N) is 2. The van der Waals surface area contributed by atoms with E-state index in [1.54, 1.807) is 0 Å². The van der Waals surface area contributed by atoms with Crippen LogP contribution in [0.4, 0.5) is 0 Å². The Kier molecular flexibility index (Phi) is 7.03. The first kappa shape index (κ1) is 18.6. The molecule has 1 aromatic rings. The van der Waals surface area contributed by atoms with E-state index in [-0.39, 0.29) is 24.4 Å². The van der Waals surface area contributed by atoms with Crippen LogP contribution in [-0.4, -0.2) is 29.0 Å². The van der Waals surface area contributed by atoms with Crippen LogP contribution in [0.25, 0.3) is 6.08 Å². The number of ether oxygens (including phenoxy) is 1. The van der Waals surface area contributed by atoms with E-state index in [2.05, 4.69) is 10.1 Å². The topological polar surface area (TPSA) is 71.8 Å². The Morgan fingerprint density at radius 2 is 2.23 bits per heavy atom. The molecule has 0 aliphatic carbocycles. The molecule has 0 saturated heterocycles. The molecule has 0 bridgehead atoms. The predicted molar refractivity (Wildman–Crippen MR) is 89.8 cm³/mol. The molecular formula is C15H21ClN2O3S. The van der Waals surface area contributed by atoms with Gasteiger partial charge in [0.2, 0.25) is 0 Å². The van der Waals surface area contributed by atoms with Crippen LogP contribution in [0.1, 0.15) is 44.3 Å². The minimum atomic E-state index is -0.343. The van der Waals surface area contributed by atoms with E-state index in [0.717, 1.165) is 10.6 Å². The van der Waals surface area contributed by atoms with Crippen molar-refractivity contribution in [1.29, 1.82) is 0 Å². The average Bonchev–Trinajstić information content (AvgIpc) is 2.72. The lowest BCUT2D eigenvalue weighted by Gasteiger charge is -2.17. The van der Waals surface area contributed by atoms with Gasteiger partial charge in [0.1, 0.15) is 10.9 Å². The van der Waals surface area contributed by atoms with Crippen molar-refractivity contribution in [1.82, 2.24) is 4.98 Å². The molecule has 122 valence electrons. The predicted octanol–water partition coefficient (Wildman–Crippen LogP) is 4.32. The summed E-state index contributed by atoms with van der Waals surface area (Å²) in [5, 5.41) is 12.4. The monoisotopic (exact) mass is 344 g/mol. The van der Waals surface area contributed by atoms with Gasteiger partial charge in [0.15, 0.2) is 0 Å². The van der Waals surface area contributed by atoms with Crippen molar-refractivity contribution in [2.24, 2.45) is 10.6 Å². The summed E-state index contributed by atoms with van der Waals surface area (Å²) >= 11 is 7.47. The lowest BCUT2D eigenvalue weighted by molar-refractivity contribution is -0.143. The Bertz CT molecular complexity index is 579. The molecule has 0 aromatic carbocycles. The third-order valence-corrected chi connectivity index (χ3v) is 4.14. The largest absolute Gasteiger partial charge is 0.461 e. The van der Waals surface area contributed by atoms with E-state index in [1.807, 2.05) is 33.8 Å². The van der Waals surface area contributed by atoms with Crippen molar-refractivity contribution in [3.05, 3.63) is 20.6 Å². The first-order valence-corrected chi connectivity index (χ1v) is 8.07. The Labute approximate surface area is 139 Å². The van der Waals surface area contributed by atoms with Crippen LogP contribution in [0.15, 0.2) is 10.7 Å². The molecule has 22 heavy (non-hydrogen) atoms. The van der Waals surface area contributed by atoms with Crippen LogP contribution in [-0.2, 0) is 9.53 Å². The molecule has 0 amide bonds. The number of aryl methyl sites for hydroxylation is 1. The summed E-state index contributed by atoms with van der Waals surface area (Å²) in [6, 6.07) is 0. The highest BCUT2D eigenvalue weighted by Crippen LogP contribution is 2.25. The van der Waals surface area contributed by atoms with Crippen LogP contribution < -0.4 is 0 Å². The van der Waals surface area contributed by atoms with Crippen LogP contribution in [0, 0.1) is 12.3 Å². The van der Waals surface area contributed by atoms with Crippen molar-refractivity contribution < 1.29 is 14.7 Å². The standard InChI is InChI=1S/C15H21ClN2O3S/c1-10(7-12-14(16)22-11(2)18-12)8-21-13(19)5-6-15(3,4)9-17-20/h7,9,20H,5-6,8H2,1-4H3/b10-7+,17-9+. The molecular weight excluding hydrogens is 324 g/mol. The second kappa shape index (κ2) is 8.29. The number of carbonyl (C=O) groups is 1. The van der Waals surface area contributed by atoms with Gasteiger partial charge in [0, 0.05) is 18.1 Å². The van der Waals surface area contributed by atoms with E-state index >= 15 is 0 Å². The zero-order valence-electron chi connectivity index (χ0n) is 13.2. The maximum absolute atomic E-state index is 11.7. The molecule has 0 radical (unpaired) electrons. The number of oxime groups is 1. The summed E-state index contributed by atoms with van der Waals surface area (Å²) in [5.74, 6) is -0.285. The molecule has 0 aliphatic rings. The molecule has 0 aliphatic heterocycles. The van der Waals surface area contributed by atoms with Gasteiger partial charge >= 0.3 is 5.97 Å². The van der Waals surface area contributed by atoms with E-state index in [9.17, 15) is 4.79 Å². The maximum Gasteiger partial charge on any atom is 0.306 e. The highest BCUT2D eigenvalue weighted by molar-refractivity contribution is 7.16. The van der Waals surface area contributed by atoms with Crippen molar-refractivity contribution in [2.75, 3.05) is 6.61 Å². The normalized spacial score (nSPS) is 12.9. The molecule has 1 rings (SSSR count). The lowest BCUT2D eigenvalue weighted by atomic mass is 9.89. The molecule has 1 heterocycles. The van der Waals surface area contributed by atoms with E-state index < -0.39 is 0 Å². The van der Waals surface area contributed by atoms with Crippen LogP contribution in [0.2, 0.25) is 4.34 Å². The molecule has 0 fully saturated rings. The minimum Gasteiger partial charge on any atom is -0.461 e. The Morgan fingerprint density at radius 1 is 1.55 bits per heavy atom. The van der Waals surface area contributed by atoms with Crippen molar-refractivity contribution in [3.63, 3.8) is 0 Å². The summed E-state index contributed by atoms with van der Waals surface area (Å²) < 4.78 is 5.85. The fourth-order valence-corrected chi connectivity index (χ4v) is 2.74. The van der Waals surface area contributed by atoms with Crippen LogP contribution in [0.5, 0.6) is 0 Å². The number of esters is 1. The third kappa shape index (κ3) is 6.58. The first-order valence-electron chi connectivity index (χ1n) is 6.88. The first-order chi connectivity index (χ1) is 10.2. The molecule has 0 spiro atoms. The number of carbonyl (C=O) groups excluding carboxylic acids is 1. The van der Waals surface area contributed by atoms with Gasteiger partial charge in [-0.25, -0.2) is 4.98 Å². The highest BCUT2D eigenvalue weighted by atomic mass is 35.5. The van der Waals surface area contributed by atoms with Crippen molar-refractivity contribution in [2.45, 2.75) is 40.5 Å². The van der Waals surface area contributed by atoms with Gasteiger partial charge in [-0.3, -0.25) is 4.79 Å². The van der Waals surface area contributed by atoms with Gasteiger partial charge in [0.05, 0.1) is 10.7 Å². The van der Waals surface area contributed by atoms with E-state index in [4.69, 9.17) is 21.5 Å². The molecule has 0 atom stereocenters. The summed E-state index contributed by atoms with van der Waals surface area (Å²) in [6.07, 6.45) is 4.05. The third-order valence-electron chi connectivity index (χ3n) is 2.94. The van der Waals surface area contributed by atoms with E-state index in [0.29, 0.717) is 16.5 Å². The summed E-state index contributed by atoms with van der Waals surface area (Å²) in [6.45, 7) is 7.73. The molecule has 1 aromatic heterocycles. The Hall–Kier alpha value is -1.40. The number of aromatic nitrogens is 1. The van der Waals surface area contributed by atoms with Crippen LogP contribution >= 0.6 is 22.9 Å². The summed E-state index contributed by atoms with van der Waals surface area (Å²) in [7, 11) is 0. The maximum atomic E-state index is 11.7. The Morgan fingerprint density at radius 3 is 2.77 bits per heavy atom. The second-order valence-corrected chi connectivity index (χ2v) is 7.58.